The second-order valence-corrected chi connectivity index (χ2v) is 4.91. The number of anilines is 1. The van der Waals surface area contributed by atoms with Crippen LogP contribution in [0.25, 0.3) is 0 Å². The van der Waals surface area contributed by atoms with Gasteiger partial charge in [0, 0.05) is 25.4 Å². The Morgan fingerprint density at radius 2 is 2.11 bits per heavy atom. The van der Waals surface area contributed by atoms with E-state index in [2.05, 4.69) is 5.32 Å². The molecule has 5 heteroatoms. The smallest absolute Gasteiger partial charge is 0.231 e. The lowest BCUT2D eigenvalue weighted by Crippen LogP contribution is -2.37. The molecule has 0 aromatic heterocycles. The molecule has 106 valence electrons. The first-order valence-electron chi connectivity index (χ1n) is 6.23. The van der Waals surface area contributed by atoms with Gasteiger partial charge in [0.05, 0.1) is 12.0 Å². The Morgan fingerprint density at radius 1 is 1.37 bits per heavy atom. The van der Waals surface area contributed by atoms with Gasteiger partial charge in [-0.15, -0.1) is 0 Å². The first kappa shape index (κ1) is 15.5. The summed E-state index contributed by atoms with van der Waals surface area (Å²) < 4.78 is 10.4. The van der Waals surface area contributed by atoms with Gasteiger partial charge in [-0.1, -0.05) is 6.07 Å². The molecule has 0 atom stereocenters. The molecule has 1 aromatic carbocycles. The van der Waals surface area contributed by atoms with Crippen LogP contribution in [-0.4, -0.2) is 32.8 Å². The van der Waals surface area contributed by atoms with Crippen LogP contribution >= 0.6 is 0 Å². The van der Waals surface area contributed by atoms with Crippen molar-refractivity contribution in [2.75, 3.05) is 32.2 Å². The van der Waals surface area contributed by atoms with E-state index in [-0.39, 0.29) is 5.91 Å². The Bertz CT molecular complexity index is 419. The van der Waals surface area contributed by atoms with Crippen molar-refractivity contribution in [3.05, 3.63) is 24.3 Å². The van der Waals surface area contributed by atoms with Gasteiger partial charge in [-0.3, -0.25) is 4.79 Å². The van der Waals surface area contributed by atoms with Crippen LogP contribution < -0.4 is 15.8 Å². The molecule has 0 aliphatic rings. The second-order valence-electron chi connectivity index (χ2n) is 4.91. The lowest BCUT2D eigenvalue weighted by atomic mass is 9.92. The standard InChI is InChI=1S/C14H22N2O3/c1-14(2,10-15)13(17)16-11-5-4-6-12(9-11)19-8-7-18-3/h4-6,9H,7-8,10,15H2,1-3H3,(H,16,17). The summed E-state index contributed by atoms with van der Waals surface area (Å²) in [5, 5.41) is 2.83. The third kappa shape index (κ3) is 4.89. The fraction of sp³-hybridized carbons (Fsp3) is 0.500. The molecule has 0 unspecified atom stereocenters. The number of methoxy groups -OCH3 is 1. The Labute approximate surface area is 114 Å². The molecule has 0 saturated heterocycles. The number of carbonyl (C=O) groups is 1. The number of nitrogens with one attached hydrogen (secondary N) is 1. The Balaban J connectivity index is 2.64. The van der Waals surface area contributed by atoms with Gasteiger partial charge in [-0.05, 0) is 26.0 Å². The SMILES string of the molecule is COCCOc1cccc(NC(=O)C(C)(C)CN)c1. The molecular formula is C14H22N2O3. The number of nitrogens with two attached hydrogens (primary N) is 1. The number of hydrogen-bond acceptors (Lipinski definition) is 4. The minimum atomic E-state index is -0.590. The van der Waals surface area contributed by atoms with Crippen molar-refractivity contribution in [1.29, 1.82) is 0 Å². The van der Waals surface area contributed by atoms with Crippen LogP contribution in [0.1, 0.15) is 13.8 Å². The highest BCUT2D eigenvalue weighted by atomic mass is 16.5. The van der Waals surface area contributed by atoms with Crippen molar-refractivity contribution in [2.24, 2.45) is 11.1 Å². The summed E-state index contributed by atoms with van der Waals surface area (Å²) in [5.74, 6) is 0.587. The van der Waals surface area contributed by atoms with Crippen LogP contribution in [0.2, 0.25) is 0 Å². The maximum Gasteiger partial charge on any atom is 0.231 e. The van der Waals surface area contributed by atoms with Crippen molar-refractivity contribution in [3.8, 4) is 5.75 Å². The summed E-state index contributed by atoms with van der Waals surface area (Å²) in [7, 11) is 1.62. The molecule has 1 aromatic rings. The van der Waals surface area contributed by atoms with E-state index in [9.17, 15) is 4.79 Å². The van der Waals surface area contributed by atoms with E-state index in [0.717, 1.165) is 0 Å². The number of amides is 1. The number of benzene rings is 1. The van der Waals surface area contributed by atoms with E-state index < -0.39 is 5.41 Å². The topological polar surface area (TPSA) is 73.6 Å². The number of rotatable bonds is 7. The Morgan fingerprint density at radius 3 is 2.74 bits per heavy atom. The average molecular weight is 266 g/mol. The first-order chi connectivity index (χ1) is 8.99. The zero-order chi connectivity index (χ0) is 14.3. The summed E-state index contributed by atoms with van der Waals surface area (Å²) in [5.41, 5.74) is 5.68. The average Bonchev–Trinajstić information content (AvgIpc) is 2.39. The van der Waals surface area contributed by atoms with Crippen LogP contribution in [0.5, 0.6) is 5.75 Å². The van der Waals surface area contributed by atoms with Crippen molar-refractivity contribution in [2.45, 2.75) is 13.8 Å². The summed E-state index contributed by atoms with van der Waals surface area (Å²) in [4.78, 5) is 12.0. The summed E-state index contributed by atoms with van der Waals surface area (Å²) in [6.45, 7) is 4.91. The van der Waals surface area contributed by atoms with Gasteiger partial charge in [0.2, 0.25) is 5.91 Å². The maximum absolute atomic E-state index is 12.0. The van der Waals surface area contributed by atoms with Gasteiger partial charge in [0.25, 0.3) is 0 Å². The molecule has 0 saturated carbocycles. The molecule has 0 aliphatic heterocycles. The normalized spacial score (nSPS) is 11.2. The van der Waals surface area contributed by atoms with Crippen molar-refractivity contribution in [1.82, 2.24) is 0 Å². The molecule has 0 spiro atoms. The number of carbonyl (C=O) groups excluding carboxylic acids is 1. The molecule has 0 aliphatic carbocycles. The zero-order valence-electron chi connectivity index (χ0n) is 11.7. The summed E-state index contributed by atoms with van der Waals surface area (Å²) in [6, 6.07) is 7.25. The molecule has 19 heavy (non-hydrogen) atoms. The minimum Gasteiger partial charge on any atom is -0.491 e. The van der Waals surface area contributed by atoms with Gasteiger partial charge in [-0.2, -0.15) is 0 Å². The van der Waals surface area contributed by atoms with E-state index in [1.165, 1.54) is 0 Å². The molecule has 3 N–H and O–H groups in total. The Kier molecular flexibility index (Phi) is 5.79. The van der Waals surface area contributed by atoms with Crippen molar-refractivity contribution in [3.63, 3.8) is 0 Å². The van der Waals surface area contributed by atoms with Crippen LogP contribution in [0.15, 0.2) is 24.3 Å². The molecule has 1 rings (SSSR count). The number of ether oxygens (including phenoxy) is 2. The van der Waals surface area contributed by atoms with E-state index in [0.29, 0.717) is 31.2 Å². The predicted octanol–water partition coefficient (Wildman–Crippen LogP) is 1.64. The van der Waals surface area contributed by atoms with E-state index in [4.69, 9.17) is 15.2 Å². The molecular weight excluding hydrogens is 244 g/mol. The van der Waals surface area contributed by atoms with Crippen LogP contribution in [-0.2, 0) is 9.53 Å². The molecule has 0 fully saturated rings. The van der Waals surface area contributed by atoms with Crippen molar-refractivity contribution < 1.29 is 14.3 Å². The predicted molar refractivity (Wildman–Crippen MR) is 75.3 cm³/mol. The highest BCUT2D eigenvalue weighted by molar-refractivity contribution is 5.95. The minimum absolute atomic E-state index is 0.107. The van der Waals surface area contributed by atoms with Crippen LogP contribution in [0.4, 0.5) is 5.69 Å². The van der Waals surface area contributed by atoms with Gasteiger partial charge >= 0.3 is 0 Å². The summed E-state index contributed by atoms with van der Waals surface area (Å²) in [6.07, 6.45) is 0. The Hall–Kier alpha value is -1.59. The van der Waals surface area contributed by atoms with Gasteiger partial charge in [0.1, 0.15) is 12.4 Å². The quantitative estimate of drug-likeness (QED) is 0.736. The van der Waals surface area contributed by atoms with E-state index >= 15 is 0 Å². The third-order valence-corrected chi connectivity index (χ3v) is 2.77. The highest BCUT2D eigenvalue weighted by Gasteiger charge is 2.25. The monoisotopic (exact) mass is 266 g/mol. The largest absolute Gasteiger partial charge is 0.491 e. The molecule has 5 nitrogen and oxygen atoms in total. The fourth-order valence-corrected chi connectivity index (χ4v) is 1.30. The lowest BCUT2D eigenvalue weighted by Gasteiger charge is -2.21. The second kappa shape index (κ2) is 7.11. The molecule has 0 heterocycles. The molecule has 0 radical (unpaired) electrons. The van der Waals surface area contributed by atoms with Gasteiger partial charge in [-0.25, -0.2) is 0 Å². The van der Waals surface area contributed by atoms with Crippen molar-refractivity contribution >= 4 is 11.6 Å². The molecule has 1 amide bonds. The highest BCUT2D eigenvalue weighted by Crippen LogP contribution is 2.20. The first-order valence-corrected chi connectivity index (χ1v) is 6.23. The van der Waals surface area contributed by atoms with E-state index in [1.54, 1.807) is 27.0 Å². The van der Waals surface area contributed by atoms with Gasteiger partial charge in [0.15, 0.2) is 0 Å². The van der Waals surface area contributed by atoms with Crippen LogP contribution in [0, 0.1) is 5.41 Å². The van der Waals surface area contributed by atoms with Gasteiger partial charge < -0.3 is 20.5 Å². The molecule has 0 bridgehead atoms. The number of hydrogen-bond donors (Lipinski definition) is 2. The maximum atomic E-state index is 12.0. The summed E-state index contributed by atoms with van der Waals surface area (Å²) >= 11 is 0. The van der Waals surface area contributed by atoms with E-state index in [1.807, 2.05) is 18.2 Å². The fourth-order valence-electron chi connectivity index (χ4n) is 1.30. The van der Waals surface area contributed by atoms with Crippen LogP contribution in [0.3, 0.4) is 0 Å². The lowest BCUT2D eigenvalue weighted by molar-refractivity contribution is -0.123. The third-order valence-electron chi connectivity index (χ3n) is 2.77. The zero-order valence-corrected chi connectivity index (χ0v) is 11.7.